The normalized spacial score (nSPS) is 10.8. The Morgan fingerprint density at radius 3 is 2.55 bits per heavy atom. The van der Waals surface area contributed by atoms with E-state index in [1.807, 2.05) is 5.32 Å². The fraction of sp³-hybridized carbons (Fsp3) is 0.400. The van der Waals surface area contributed by atoms with E-state index >= 15 is 0 Å². The van der Waals surface area contributed by atoms with E-state index in [1.54, 1.807) is 6.92 Å². The number of aromatic nitrogens is 2. The highest BCUT2D eigenvalue weighted by Crippen LogP contribution is 2.11. The molecule has 0 radical (unpaired) electrons. The van der Waals surface area contributed by atoms with Crippen LogP contribution in [0.25, 0.3) is 0 Å². The SMILES string of the molecule is CCON=C(C(=O)NC(C)=O)c1nsc(NC(C)=O)n1. The molecular formula is C10H13N5O4S. The number of nitrogens with zero attached hydrogens (tertiary/aromatic N) is 3. The first-order valence-electron chi connectivity index (χ1n) is 5.57. The Hall–Kier alpha value is -2.36. The Bertz CT molecular complexity index is 554. The molecule has 0 aliphatic rings. The number of carbonyl (C=O) groups excluding carboxylic acids is 3. The number of hydrogen-bond donors (Lipinski definition) is 2. The Balaban J connectivity index is 2.98. The van der Waals surface area contributed by atoms with Crippen LogP contribution in [0, 0.1) is 0 Å². The van der Waals surface area contributed by atoms with Crippen molar-refractivity contribution in [1.82, 2.24) is 14.7 Å². The number of rotatable bonds is 5. The van der Waals surface area contributed by atoms with Crippen molar-refractivity contribution in [3.05, 3.63) is 5.82 Å². The first kappa shape index (κ1) is 15.7. The molecule has 0 saturated heterocycles. The van der Waals surface area contributed by atoms with E-state index in [2.05, 4.69) is 19.8 Å². The number of imide groups is 1. The van der Waals surface area contributed by atoms with Crippen molar-refractivity contribution in [1.29, 1.82) is 0 Å². The van der Waals surface area contributed by atoms with E-state index < -0.39 is 11.8 Å². The molecule has 0 spiro atoms. The third-order valence-corrected chi connectivity index (χ3v) is 2.34. The molecule has 0 unspecified atom stereocenters. The van der Waals surface area contributed by atoms with Crippen LogP contribution in [0.3, 0.4) is 0 Å². The van der Waals surface area contributed by atoms with Crippen LogP contribution in [-0.4, -0.2) is 39.4 Å². The van der Waals surface area contributed by atoms with Crippen LogP contribution in [0.1, 0.15) is 26.6 Å². The van der Waals surface area contributed by atoms with Crippen LogP contribution < -0.4 is 10.6 Å². The van der Waals surface area contributed by atoms with Gasteiger partial charge in [0.05, 0.1) is 0 Å². The minimum Gasteiger partial charge on any atom is -0.395 e. The van der Waals surface area contributed by atoms with Gasteiger partial charge in [0.15, 0.2) is 0 Å². The highest BCUT2D eigenvalue weighted by atomic mass is 32.1. The van der Waals surface area contributed by atoms with Gasteiger partial charge in [-0.05, 0) is 6.92 Å². The maximum absolute atomic E-state index is 11.8. The van der Waals surface area contributed by atoms with Crippen LogP contribution in [0.15, 0.2) is 5.16 Å². The lowest BCUT2D eigenvalue weighted by Gasteiger charge is -2.01. The molecule has 1 heterocycles. The van der Waals surface area contributed by atoms with E-state index in [0.29, 0.717) is 0 Å². The number of nitrogens with one attached hydrogen (secondary N) is 2. The van der Waals surface area contributed by atoms with Crippen molar-refractivity contribution in [2.45, 2.75) is 20.8 Å². The van der Waals surface area contributed by atoms with Gasteiger partial charge < -0.3 is 10.2 Å². The maximum atomic E-state index is 11.8. The molecule has 2 N–H and O–H groups in total. The third kappa shape index (κ3) is 4.72. The molecule has 0 fully saturated rings. The van der Waals surface area contributed by atoms with Crippen molar-refractivity contribution in [2.24, 2.45) is 5.16 Å². The summed E-state index contributed by atoms with van der Waals surface area (Å²) in [4.78, 5) is 42.3. The van der Waals surface area contributed by atoms with Crippen molar-refractivity contribution in [3.63, 3.8) is 0 Å². The molecule has 0 atom stereocenters. The summed E-state index contributed by atoms with van der Waals surface area (Å²) in [5.41, 5.74) is -0.241. The Morgan fingerprint density at radius 1 is 1.30 bits per heavy atom. The van der Waals surface area contributed by atoms with Gasteiger partial charge in [-0.15, -0.1) is 0 Å². The monoisotopic (exact) mass is 299 g/mol. The topological polar surface area (TPSA) is 123 Å². The lowest BCUT2D eigenvalue weighted by atomic mass is 10.3. The molecule has 20 heavy (non-hydrogen) atoms. The second kappa shape index (κ2) is 7.28. The summed E-state index contributed by atoms with van der Waals surface area (Å²) >= 11 is 0.882. The largest absolute Gasteiger partial charge is 0.395 e. The molecule has 0 aliphatic heterocycles. The zero-order valence-corrected chi connectivity index (χ0v) is 11.9. The second-order valence-electron chi connectivity index (χ2n) is 3.47. The highest BCUT2D eigenvalue weighted by Gasteiger charge is 2.21. The summed E-state index contributed by atoms with van der Waals surface area (Å²) in [6.07, 6.45) is 0. The van der Waals surface area contributed by atoms with Crippen LogP contribution in [-0.2, 0) is 19.2 Å². The summed E-state index contributed by atoms with van der Waals surface area (Å²) in [6, 6.07) is 0. The third-order valence-electron chi connectivity index (χ3n) is 1.71. The molecule has 108 valence electrons. The fourth-order valence-corrected chi connectivity index (χ4v) is 1.67. The van der Waals surface area contributed by atoms with Crippen molar-refractivity contribution in [2.75, 3.05) is 11.9 Å². The quantitative estimate of drug-likeness (QED) is 0.578. The van der Waals surface area contributed by atoms with E-state index in [0.717, 1.165) is 11.5 Å². The summed E-state index contributed by atoms with van der Waals surface area (Å²) in [5, 5.41) is 8.27. The molecule has 0 bridgehead atoms. The molecule has 1 rings (SSSR count). The summed E-state index contributed by atoms with van der Waals surface area (Å²) in [7, 11) is 0. The van der Waals surface area contributed by atoms with Crippen LogP contribution in [0.4, 0.5) is 5.13 Å². The van der Waals surface area contributed by atoms with Gasteiger partial charge in [-0.25, -0.2) is 0 Å². The molecule has 1 aromatic heterocycles. The van der Waals surface area contributed by atoms with Crippen LogP contribution in [0.2, 0.25) is 0 Å². The van der Waals surface area contributed by atoms with Crippen molar-refractivity contribution < 1.29 is 19.2 Å². The molecular weight excluding hydrogens is 286 g/mol. The Labute approximate surface area is 118 Å². The van der Waals surface area contributed by atoms with Crippen molar-refractivity contribution in [3.8, 4) is 0 Å². The number of oxime groups is 1. The zero-order valence-electron chi connectivity index (χ0n) is 11.1. The maximum Gasteiger partial charge on any atom is 0.283 e. The molecule has 10 heteroatoms. The summed E-state index contributed by atoms with van der Waals surface area (Å²) in [5.74, 6) is -1.68. The van der Waals surface area contributed by atoms with E-state index in [-0.39, 0.29) is 29.2 Å². The molecule has 0 saturated carbocycles. The molecule has 1 aromatic rings. The predicted octanol–water partition coefficient (Wildman–Crippen LogP) is -0.100. The zero-order chi connectivity index (χ0) is 15.1. The molecule has 0 aromatic carbocycles. The van der Waals surface area contributed by atoms with Gasteiger partial charge in [-0.3, -0.25) is 19.7 Å². The van der Waals surface area contributed by atoms with E-state index in [1.165, 1.54) is 13.8 Å². The van der Waals surface area contributed by atoms with Gasteiger partial charge in [0.2, 0.25) is 28.5 Å². The number of amides is 3. The first-order chi connectivity index (χ1) is 9.43. The lowest BCUT2D eigenvalue weighted by Crippen LogP contribution is -2.35. The predicted molar refractivity (Wildman–Crippen MR) is 71.2 cm³/mol. The standard InChI is InChI=1S/C10H13N5O4S/c1-4-19-14-7(9(18)11-5(2)16)8-13-10(20-15-8)12-6(3)17/h4H2,1-3H3,(H,11,16,18)(H,12,13,15,17). The molecule has 9 nitrogen and oxygen atoms in total. The van der Waals surface area contributed by atoms with Gasteiger partial charge in [-0.2, -0.15) is 9.36 Å². The average Bonchev–Trinajstić information content (AvgIpc) is 2.76. The number of hydrogen-bond acceptors (Lipinski definition) is 8. The van der Waals surface area contributed by atoms with Gasteiger partial charge >= 0.3 is 0 Å². The van der Waals surface area contributed by atoms with Gasteiger partial charge in [0.1, 0.15) is 6.61 Å². The Kier molecular flexibility index (Phi) is 5.72. The second-order valence-corrected chi connectivity index (χ2v) is 4.22. The summed E-state index contributed by atoms with van der Waals surface area (Å²) in [6.45, 7) is 4.42. The van der Waals surface area contributed by atoms with Crippen LogP contribution in [0.5, 0.6) is 0 Å². The van der Waals surface area contributed by atoms with Gasteiger partial charge in [-0.1, -0.05) is 5.16 Å². The van der Waals surface area contributed by atoms with Crippen LogP contribution >= 0.6 is 11.5 Å². The summed E-state index contributed by atoms with van der Waals surface area (Å²) < 4.78 is 3.88. The fourth-order valence-electron chi connectivity index (χ4n) is 1.05. The highest BCUT2D eigenvalue weighted by molar-refractivity contribution is 7.10. The molecule has 0 aliphatic carbocycles. The van der Waals surface area contributed by atoms with E-state index in [4.69, 9.17) is 4.84 Å². The lowest BCUT2D eigenvalue weighted by molar-refractivity contribution is -0.125. The number of carbonyl (C=O) groups is 3. The minimum atomic E-state index is -0.780. The average molecular weight is 299 g/mol. The number of anilines is 1. The molecule has 3 amide bonds. The smallest absolute Gasteiger partial charge is 0.283 e. The van der Waals surface area contributed by atoms with Gasteiger partial charge in [0.25, 0.3) is 5.91 Å². The minimum absolute atomic E-state index is 0.0362. The van der Waals surface area contributed by atoms with E-state index in [9.17, 15) is 14.4 Å². The van der Waals surface area contributed by atoms with Crippen molar-refractivity contribution >= 4 is 40.1 Å². The first-order valence-corrected chi connectivity index (χ1v) is 6.35. The van der Waals surface area contributed by atoms with Gasteiger partial charge in [0, 0.05) is 25.4 Å². The Morgan fingerprint density at radius 2 is 2.00 bits per heavy atom.